The van der Waals surface area contributed by atoms with Gasteiger partial charge in [0.2, 0.25) is 0 Å². The lowest BCUT2D eigenvalue weighted by Crippen LogP contribution is -2.01. The van der Waals surface area contributed by atoms with Gasteiger partial charge in [-0.3, -0.25) is 0 Å². The lowest BCUT2D eigenvalue weighted by molar-refractivity contribution is 0.181. The smallest absolute Gasteiger partial charge is 0.161 e. The number of methoxy groups -OCH3 is 1. The van der Waals surface area contributed by atoms with E-state index in [4.69, 9.17) is 10.5 Å². The zero-order chi connectivity index (χ0) is 14.5. The maximum atomic E-state index is 5.82. The van der Waals surface area contributed by atoms with Crippen LogP contribution in [0.3, 0.4) is 0 Å². The first-order valence-corrected chi connectivity index (χ1v) is 6.80. The van der Waals surface area contributed by atoms with Gasteiger partial charge in [0.25, 0.3) is 0 Å². The quantitative estimate of drug-likeness (QED) is 0.907. The SMILES string of the molecule is COCc1cc(N)nc(-c2ccc(CC(C)C)cc2)n1. The van der Waals surface area contributed by atoms with Crippen molar-refractivity contribution in [2.45, 2.75) is 26.9 Å². The van der Waals surface area contributed by atoms with Crippen molar-refractivity contribution < 1.29 is 4.74 Å². The van der Waals surface area contributed by atoms with Crippen molar-refractivity contribution >= 4 is 5.82 Å². The van der Waals surface area contributed by atoms with E-state index >= 15 is 0 Å². The Morgan fingerprint density at radius 2 is 1.85 bits per heavy atom. The standard InChI is InChI=1S/C16H21N3O/c1-11(2)8-12-4-6-13(7-5-12)16-18-14(10-20-3)9-15(17)19-16/h4-7,9,11H,8,10H2,1-3H3,(H2,17,18,19). The minimum absolute atomic E-state index is 0.436. The summed E-state index contributed by atoms with van der Waals surface area (Å²) in [6, 6.07) is 10.1. The Bertz CT molecular complexity index is 564. The summed E-state index contributed by atoms with van der Waals surface area (Å²) in [6.45, 7) is 4.86. The van der Waals surface area contributed by atoms with Crippen LogP contribution >= 0.6 is 0 Å². The molecule has 4 heteroatoms. The van der Waals surface area contributed by atoms with E-state index in [0.29, 0.717) is 24.2 Å². The largest absolute Gasteiger partial charge is 0.384 e. The Balaban J connectivity index is 2.26. The number of rotatable bonds is 5. The first kappa shape index (κ1) is 14.5. The number of ether oxygens (including phenoxy) is 1. The van der Waals surface area contributed by atoms with Crippen LogP contribution in [0.4, 0.5) is 5.82 Å². The number of nitrogen functional groups attached to an aromatic ring is 1. The molecule has 1 aromatic carbocycles. The zero-order valence-corrected chi connectivity index (χ0v) is 12.3. The molecular weight excluding hydrogens is 250 g/mol. The second-order valence-electron chi connectivity index (χ2n) is 5.34. The molecule has 2 aromatic rings. The molecule has 0 bridgehead atoms. The van der Waals surface area contributed by atoms with Gasteiger partial charge in [0.1, 0.15) is 5.82 Å². The molecule has 0 aliphatic carbocycles. The van der Waals surface area contributed by atoms with Crippen molar-refractivity contribution in [2.75, 3.05) is 12.8 Å². The maximum Gasteiger partial charge on any atom is 0.161 e. The third-order valence-electron chi connectivity index (χ3n) is 2.95. The molecule has 0 amide bonds. The maximum absolute atomic E-state index is 5.82. The van der Waals surface area contributed by atoms with Crippen molar-refractivity contribution in [2.24, 2.45) is 5.92 Å². The number of nitrogens with zero attached hydrogens (tertiary/aromatic N) is 2. The molecule has 0 saturated heterocycles. The van der Waals surface area contributed by atoms with E-state index in [9.17, 15) is 0 Å². The fourth-order valence-corrected chi connectivity index (χ4v) is 2.13. The average molecular weight is 271 g/mol. The third kappa shape index (κ3) is 3.78. The molecule has 2 N–H and O–H groups in total. The molecule has 0 atom stereocenters. The fourth-order valence-electron chi connectivity index (χ4n) is 2.13. The van der Waals surface area contributed by atoms with Crippen molar-refractivity contribution in [3.05, 3.63) is 41.6 Å². The Labute approximate surface area is 120 Å². The highest BCUT2D eigenvalue weighted by Crippen LogP contribution is 2.19. The summed E-state index contributed by atoms with van der Waals surface area (Å²) in [6.07, 6.45) is 1.08. The minimum Gasteiger partial charge on any atom is -0.384 e. The Morgan fingerprint density at radius 3 is 2.45 bits per heavy atom. The fraction of sp³-hybridized carbons (Fsp3) is 0.375. The van der Waals surface area contributed by atoms with Gasteiger partial charge < -0.3 is 10.5 Å². The molecule has 0 unspecified atom stereocenters. The van der Waals surface area contributed by atoms with Crippen molar-refractivity contribution in [1.29, 1.82) is 0 Å². The Morgan fingerprint density at radius 1 is 1.15 bits per heavy atom. The molecule has 4 nitrogen and oxygen atoms in total. The van der Waals surface area contributed by atoms with Crippen LogP contribution in [0.25, 0.3) is 11.4 Å². The van der Waals surface area contributed by atoms with Crippen LogP contribution in [0.1, 0.15) is 25.1 Å². The van der Waals surface area contributed by atoms with E-state index in [1.165, 1.54) is 5.56 Å². The van der Waals surface area contributed by atoms with E-state index in [-0.39, 0.29) is 0 Å². The van der Waals surface area contributed by atoms with E-state index in [2.05, 4.69) is 35.9 Å². The number of hydrogen-bond acceptors (Lipinski definition) is 4. The lowest BCUT2D eigenvalue weighted by Gasteiger charge is -2.08. The van der Waals surface area contributed by atoms with Gasteiger partial charge in [0, 0.05) is 18.7 Å². The summed E-state index contributed by atoms with van der Waals surface area (Å²) in [5, 5.41) is 0. The first-order chi connectivity index (χ1) is 9.58. The Kier molecular flexibility index (Phi) is 4.69. The first-order valence-electron chi connectivity index (χ1n) is 6.80. The highest BCUT2D eigenvalue weighted by molar-refractivity contribution is 5.57. The predicted molar refractivity (Wildman–Crippen MR) is 81.1 cm³/mol. The van der Waals surface area contributed by atoms with Crippen LogP contribution < -0.4 is 5.73 Å². The van der Waals surface area contributed by atoms with E-state index in [1.807, 2.05) is 12.1 Å². The second kappa shape index (κ2) is 6.48. The zero-order valence-electron chi connectivity index (χ0n) is 12.3. The molecule has 0 aliphatic rings. The molecule has 1 heterocycles. The van der Waals surface area contributed by atoms with Gasteiger partial charge in [-0.25, -0.2) is 9.97 Å². The summed E-state index contributed by atoms with van der Waals surface area (Å²) in [4.78, 5) is 8.76. The van der Waals surface area contributed by atoms with Gasteiger partial charge >= 0.3 is 0 Å². The monoisotopic (exact) mass is 271 g/mol. The second-order valence-corrected chi connectivity index (χ2v) is 5.34. The van der Waals surface area contributed by atoms with Gasteiger partial charge in [0.05, 0.1) is 12.3 Å². The van der Waals surface area contributed by atoms with Crippen LogP contribution in [0.5, 0.6) is 0 Å². The lowest BCUT2D eigenvalue weighted by atomic mass is 10.0. The number of nitrogens with two attached hydrogens (primary N) is 1. The predicted octanol–water partition coefficient (Wildman–Crippen LogP) is 3.07. The molecule has 0 spiro atoms. The molecule has 106 valence electrons. The molecule has 0 aliphatic heterocycles. The highest BCUT2D eigenvalue weighted by atomic mass is 16.5. The summed E-state index contributed by atoms with van der Waals surface area (Å²) in [5.74, 6) is 1.76. The summed E-state index contributed by atoms with van der Waals surface area (Å²) >= 11 is 0. The minimum atomic E-state index is 0.436. The molecule has 2 rings (SSSR count). The average Bonchev–Trinajstić information content (AvgIpc) is 2.38. The van der Waals surface area contributed by atoms with E-state index in [0.717, 1.165) is 17.7 Å². The summed E-state index contributed by atoms with van der Waals surface area (Å²) in [7, 11) is 1.64. The molecule has 0 radical (unpaired) electrons. The van der Waals surface area contributed by atoms with Crippen molar-refractivity contribution in [3.63, 3.8) is 0 Å². The van der Waals surface area contributed by atoms with Gasteiger partial charge in [-0.2, -0.15) is 0 Å². The topological polar surface area (TPSA) is 61.0 Å². The highest BCUT2D eigenvalue weighted by Gasteiger charge is 2.06. The van der Waals surface area contributed by atoms with Crippen molar-refractivity contribution in [1.82, 2.24) is 9.97 Å². The molecule has 20 heavy (non-hydrogen) atoms. The summed E-state index contributed by atoms with van der Waals surface area (Å²) < 4.78 is 5.09. The molecule has 0 fully saturated rings. The molecule has 0 saturated carbocycles. The Hall–Kier alpha value is -1.94. The van der Waals surface area contributed by atoms with Gasteiger partial charge in [-0.1, -0.05) is 38.1 Å². The van der Waals surface area contributed by atoms with E-state index < -0.39 is 0 Å². The summed E-state index contributed by atoms with van der Waals surface area (Å²) in [5.41, 5.74) is 8.91. The normalized spacial score (nSPS) is 11.0. The number of anilines is 1. The number of hydrogen-bond donors (Lipinski definition) is 1. The van der Waals surface area contributed by atoms with Gasteiger partial charge in [-0.05, 0) is 17.9 Å². The molecular formula is C16H21N3O. The number of aromatic nitrogens is 2. The van der Waals surface area contributed by atoms with Crippen LogP contribution in [0, 0.1) is 5.92 Å². The molecule has 1 aromatic heterocycles. The van der Waals surface area contributed by atoms with Crippen LogP contribution in [0.15, 0.2) is 30.3 Å². The van der Waals surface area contributed by atoms with Crippen LogP contribution in [-0.2, 0) is 17.8 Å². The van der Waals surface area contributed by atoms with Gasteiger partial charge in [0.15, 0.2) is 5.82 Å². The van der Waals surface area contributed by atoms with Crippen molar-refractivity contribution in [3.8, 4) is 11.4 Å². The van der Waals surface area contributed by atoms with E-state index in [1.54, 1.807) is 13.2 Å². The van der Waals surface area contributed by atoms with Crippen LogP contribution in [-0.4, -0.2) is 17.1 Å². The van der Waals surface area contributed by atoms with Crippen LogP contribution in [0.2, 0.25) is 0 Å². The third-order valence-corrected chi connectivity index (χ3v) is 2.95. The number of benzene rings is 1. The van der Waals surface area contributed by atoms with Gasteiger partial charge in [-0.15, -0.1) is 0 Å².